The van der Waals surface area contributed by atoms with Crippen LogP contribution in [-0.4, -0.2) is 49.5 Å². The van der Waals surface area contributed by atoms with Gasteiger partial charge in [0.25, 0.3) is 35.1 Å². The van der Waals surface area contributed by atoms with Crippen molar-refractivity contribution in [3.63, 3.8) is 0 Å². The first-order valence-electron chi connectivity index (χ1n) is 9.42. The second-order valence-electron chi connectivity index (χ2n) is 7.09. The van der Waals surface area contributed by atoms with E-state index in [2.05, 4.69) is 10.3 Å². The van der Waals surface area contributed by atoms with Gasteiger partial charge in [-0.05, 0) is 30.3 Å². The van der Waals surface area contributed by atoms with Crippen molar-refractivity contribution < 1.29 is 24.0 Å². The molecule has 3 N–H and O–H groups in total. The van der Waals surface area contributed by atoms with Crippen molar-refractivity contribution in [3.05, 3.63) is 97.3 Å². The number of fused-ring (bicyclic) bond motifs is 2. The molecule has 0 bridgehead atoms. The average Bonchev–Trinajstić information content (AvgIpc) is 3.19. The van der Waals surface area contributed by atoms with Gasteiger partial charge >= 0.3 is 5.69 Å². The molecule has 0 saturated carbocycles. The molecule has 0 fully saturated rings. The Labute approximate surface area is 182 Å². The normalized spacial score (nSPS) is 14.5. The lowest BCUT2D eigenvalue weighted by Gasteiger charge is -2.23. The number of aromatic nitrogens is 2. The van der Waals surface area contributed by atoms with E-state index >= 15 is 0 Å². The third-order valence-corrected chi connectivity index (χ3v) is 5.17. The summed E-state index contributed by atoms with van der Waals surface area (Å²) < 4.78 is 0. The van der Waals surface area contributed by atoms with Crippen molar-refractivity contribution >= 4 is 35.2 Å². The Bertz CT molecular complexity index is 1520. The Kier molecular flexibility index (Phi) is 4.17. The minimum absolute atomic E-state index is 0.0604. The number of nitrogens with one attached hydrogen (secondary N) is 3. The van der Waals surface area contributed by atoms with E-state index in [1.807, 2.05) is 4.98 Å². The fraction of sp³-hybridized carbons (Fsp3) is 0. The number of carbonyl (C=O) groups is 5. The molecule has 1 aromatic heterocycles. The number of imide groups is 2. The molecule has 0 spiro atoms. The molecular formula is C21H11N5O7. The molecule has 0 saturated heterocycles. The standard InChI is InChI=1S/C21H11N5O7/c27-15(23-14-8-22-21(33)24-16(14)28)9-5-6-12-13(7-9)20(32)26(19(12)31)25-17(29)10-3-1-2-4-11(10)18(25)30/h1-8H,(H,23,27)(H2,22,24,28,33). The number of aromatic amines is 2. The van der Waals surface area contributed by atoms with E-state index in [-0.39, 0.29) is 33.5 Å². The van der Waals surface area contributed by atoms with Crippen LogP contribution < -0.4 is 16.6 Å². The molecule has 3 aromatic rings. The highest BCUT2D eigenvalue weighted by Gasteiger charge is 2.48. The highest BCUT2D eigenvalue weighted by Crippen LogP contribution is 2.31. The number of benzene rings is 2. The lowest BCUT2D eigenvalue weighted by molar-refractivity contribution is 0.00845. The summed E-state index contributed by atoms with van der Waals surface area (Å²) in [5, 5.41) is 3.21. The Morgan fingerprint density at radius 1 is 0.727 bits per heavy atom. The second-order valence-corrected chi connectivity index (χ2v) is 7.09. The molecule has 162 valence electrons. The monoisotopic (exact) mass is 445 g/mol. The van der Waals surface area contributed by atoms with Crippen molar-refractivity contribution in [3.8, 4) is 0 Å². The predicted molar refractivity (Wildman–Crippen MR) is 110 cm³/mol. The molecule has 0 unspecified atom stereocenters. The molecule has 2 aliphatic rings. The summed E-state index contributed by atoms with van der Waals surface area (Å²) in [5.74, 6) is -4.29. The van der Waals surface area contributed by atoms with E-state index in [4.69, 9.17) is 0 Å². The van der Waals surface area contributed by atoms with Crippen LogP contribution in [0.4, 0.5) is 5.69 Å². The predicted octanol–water partition coefficient (Wildman–Crippen LogP) is 0.123. The molecule has 0 atom stereocenters. The van der Waals surface area contributed by atoms with Crippen LogP contribution in [0.1, 0.15) is 51.8 Å². The first-order valence-corrected chi connectivity index (χ1v) is 9.42. The van der Waals surface area contributed by atoms with Gasteiger partial charge in [-0.2, -0.15) is 10.0 Å². The zero-order valence-corrected chi connectivity index (χ0v) is 16.4. The maximum absolute atomic E-state index is 13.0. The Morgan fingerprint density at radius 2 is 1.27 bits per heavy atom. The smallest absolute Gasteiger partial charge is 0.316 e. The number of nitrogens with zero attached hydrogens (tertiary/aromatic N) is 2. The molecule has 33 heavy (non-hydrogen) atoms. The van der Waals surface area contributed by atoms with Crippen molar-refractivity contribution in [1.82, 2.24) is 20.0 Å². The third-order valence-electron chi connectivity index (χ3n) is 5.17. The Hall–Kier alpha value is -5.13. The van der Waals surface area contributed by atoms with Gasteiger partial charge in [-0.25, -0.2) is 4.79 Å². The minimum Gasteiger partial charge on any atom is -0.316 e. The van der Waals surface area contributed by atoms with Crippen LogP contribution in [0.25, 0.3) is 0 Å². The maximum Gasteiger partial charge on any atom is 0.325 e. The summed E-state index contributed by atoms with van der Waals surface area (Å²) in [4.78, 5) is 90.8. The van der Waals surface area contributed by atoms with Crippen LogP contribution in [0.3, 0.4) is 0 Å². The first-order chi connectivity index (χ1) is 15.8. The number of amides is 5. The van der Waals surface area contributed by atoms with Gasteiger partial charge in [0, 0.05) is 11.8 Å². The van der Waals surface area contributed by atoms with E-state index in [0.717, 1.165) is 12.3 Å². The number of hydrazine groups is 1. The van der Waals surface area contributed by atoms with Crippen LogP contribution in [0, 0.1) is 0 Å². The molecule has 2 aromatic carbocycles. The number of hydrogen-bond acceptors (Lipinski definition) is 7. The van der Waals surface area contributed by atoms with E-state index < -0.39 is 40.8 Å². The molecule has 0 aliphatic carbocycles. The molecular weight excluding hydrogens is 434 g/mol. The van der Waals surface area contributed by atoms with E-state index in [9.17, 15) is 33.6 Å². The number of hydrogen-bond donors (Lipinski definition) is 3. The van der Waals surface area contributed by atoms with Gasteiger partial charge in [-0.15, -0.1) is 0 Å². The summed E-state index contributed by atoms with van der Waals surface area (Å²) in [6.45, 7) is 0. The summed E-state index contributed by atoms with van der Waals surface area (Å²) in [6.07, 6.45) is 1.01. The summed E-state index contributed by atoms with van der Waals surface area (Å²) in [5.41, 5.74) is -2.09. The molecule has 0 radical (unpaired) electrons. The quantitative estimate of drug-likeness (QED) is 0.481. The lowest BCUT2D eigenvalue weighted by atomic mass is 10.1. The summed E-state index contributed by atoms with van der Waals surface area (Å²) in [6, 6.07) is 9.49. The largest absolute Gasteiger partial charge is 0.325 e. The van der Waals surface area contributed by atoms with Crippen molar-refractivity contribution in [1.29, 1.82) is 0 Å². The third kappa shape index (κ3) is 2.89. The average molecular weight is 445 g/mol. The maximum atomic E-state index is 13.0. The van der Waals surface area contributed by atoms with Gasteiger partial charge in [-0.3, -0.25) is 33.8 Å². The Morgan fingerprint density at radius 3 is 1.85 bits per heavy atom. The van der Waals surface area contributed by atoms with Crippen LogP contribution >= 0.6 is 0 Å². The zero-order valence-electron chi connectivity index (χ0n) is 16.4. The minimum atomic E-state index is -0.957. The van der Waals surface area contributed by atoms with Gasteiger partial charge in [0.1, 0.15) is 5.69 Å². The summed E-state index contributed by atoms with van der Waals surface area (Å²) >= 11 is 0. The van der Waals surface area contributed by atoms with Crippen LogP contribution in [0.15, 0.2) is 58.3 Å². The number of anilines is 1. The molecule has 3 heterocycles. The number of rotatable bonds is 3. The van der Waals surface area contributed by atoms with E-state index in [1.165, 1.54) is 24.3 Å². The summed E-state index contributed by atoms with van der Waals surface area (Å²) in [7, 11) is 0. The van der Waals surface area contributed by atoms with Crippen LogP contribution in [-0.2, 0) is 0 Å². The first kappa shape index (κ1) is 19.8. The zero-order chi connectivity index (χ0) is 23.4. The van der Waals surface area contributed by atoms with E-state index in [0.29, 0.717) is 10.0 Å². The molecule has 12 nitrogen and oxygen atoms in total. The van der Waals surface area contributed by atoms with Crippen molar-refractivity contribution in [2.45, 2.75) is 0 Å². The highest BCUT2D eigenvalue weighted by molar-refractivity contribution is 6.28. The SMILES string of the molecule is O=C(Nc1c[nH]c(=O)[nH]c1=O)c1ccc2c(c1)C(=O)N(N1C(=O)c3ccccc3C1=O)C2=O. The fourth-order valence-corrected chi connectivity index (χ4v) is 3.61. The van der Waals surface area contributed by atoms with Gasteiger partial charge in [0.2, 0.25) is 0 Å². The molecule has 5 amide bonds. The second kappa shape index (κ2) is 6.95. The molecule has 2 aliphatic heterocycles. The van der Waals surface area contributed by atoms with Gasteiger partial charge < -0.3 is 10.3 Å². The number of H-pyrrole nitrogens is 2. The fourth-order valence-electron chi connectivity index (χ4n) is 3.61. The molecule has 12 heteroatoms. The molecule has 5 rings (SSSR count). The van der Waals surface area contributed by atoms with Gasteiger partial charge in [-0.1, -0.05) is 12.1 Å². The van der Waals surface area contributed by atoms with Crippen LogP contribution in [0.2, 0.25) is 0 Å². The highest BCUT2D eigenvalue weighted by atomic mass is 16.2. The topological polar surface area (TPSA) is 170 Å². The van der Waals surface area contributed by atoms with Crippen LogP contribution in [0.5, 0.6) is 0 Å². The lowest BCUT2D eigenvalue weighted by Crippen LogP contribution is -2.49. The van der Waals surface area contributed by atoms with Crippen molar-refractivity contribution in [2.24, 2.45) is 0 Å². The Balaban J connectivity index is 1.46. The van der Waals surface area contributed by atoms with E-state index in [1.54, 1.807) is 12.1 Å². The number of carbonyl (C=O) groups excluding carboxylic acids is 5. The van der Waals surface area contributed by atoms with Gasteiger partial charge in [0.15, 0.2) is 0 Å². The van der Waals surface area contributed by atoms with Crippen molar-refractivity contribution in [2.75, 3.05) is 5.32 Å². The van der Waals surface area contributed by atoms with Gasteiger partial charge in [0.05, 0.1) is 22.3 Å².